The average molecular weight is 661 g/mol. The maximum atomic E-state index is 10.6. The van der Waals surface area contributed by atoms with Crippen LogP contribution in [0.15, 0.2) is 158 Å². The lowest BCUT2D eigenvalue weighted by molar-refractivity contribution is 0.451. The number of phenolic OH excluding ortho intramolecular Hbond substituents is 2. The van der Waals surface area contributed by atoms with Crippen molar-refractivity contribution in [2.75, 3.05) is 0 Å². The normalized spacial score (nSPS) is 12.2. The number of benzene rings is 6. The molecular formula is C48H52O2. The molecule has 2 nitrogen and oxygen atoms in total. The molecule has 6 aromatic rings. The first-order chi connectivity index (χ1) is 23.7. The highest BCUT2D eigenvalue weighted by Crippen LogP contribution is 2.42. The minimum atomic E-state index is -0.270. The molecule has 0 unspecified atom stereocenters. The van der Waals surface area contributed by atoms with Gasteiger partial charge in [0.1, 0.15) is 11.5 Å². The van der Waals surface area contributed by atoms with Gasteiger partial charge in [0.2, 0.25) is 0 Å². The Morgan fingerprint density at radius 3 is 0.780 bits per heavy atom. The smallest absolute Gasteiger partial charge is 0.119 e. The first-order valence-corrected chi connectivity index (χ1v) is 17.6. The van der Waals surface area contributed by atoms with Crippen LogP contribution in [0.3, 0.4) is 0 Å². The minimum Gasteiger partial charge on any atom is -0.508 e. The van der Waals surface area contributed by atoms with Crippen LogP contribution in [0, 0.1) is 0 Å². The second kappa shape index (κ2) is 14.4. The molecule has 0 bridgehead atoms. The van der Waals surface area contributed by atoms with Crippen molar-refractivity contribution in [1.82, 2.24) is 0 Å². The molecule has 256 valence electrons. The van der Waals surface area contributed by atoms with E-state index in [4.69, 9.17) is 0 Å². The monoisotopic (exact) mass is 660 g/mol. The van der Waals surface area contributed by atoms with Crippen LogP contribution in [0.4, 0.5) is 0 Å². The third-order valence-electron chi connectivity index (χ3n) is 10.8. The van der Waals surface area contributed by atoms with Gasteiger partial charge in [-0.25, -0.2) is 0 Å². The zero-order valence-electron chi connectivity index (χ0n) is 30.9. The molecule has 0 radical (unpaired) electrons. The Balaban J connectivity index is 0.000000194. The quantitative estimate of drug-likeness (QED) is 0.171. The van der Waals surface area contributed by atoms with E-state index >= 15 is 0 Å². The Bertz CT molecular complexity index is 1840. The summed E-state index contributed by atoms with van der Waals surface area (Å²) in [7, 11) is 0. The van der Waals surface area contributed by atoms with Gasteiger partial charge < -0.3 is 10.2 Å². The molecule has 0 spiro atoms. The number of hydrogen-bond acceptors (Lipinski definition) is 2. The molecule has 0 saturated carbocycles. The molecule has 0 atom stereocenters. The van der Waals surface area contributed by atoms with Crippen LogP contribution in [0.1, 0.15) is 99.9 Å². The van der Waals surface area contributed by atoms with Crippen LogP contribution in [0.2, 0.25) is 0 Å². The summed E-state index contributed by atoms with van der Waals surface area (Å²) in [6.45, 7) is 17.6. The van der Waals surface area contributed by atoms with Gasteiger partial charge >= 0.3 is 0 Å². The second-order valence-corrected chi connectivity index (χ2v) is 15.4. The first kappa shape index (κ1) is 36.2. The minimum absolute atomic E-state index is 0.128. The third kappa shape index (κ3) is 7.41. The van der Waals surface area contributed by atoms with Gasteiger partial charge in [0, 0.05) is 32.8 Å². The Kier molecular flexibility index (Phi) is 10.4. The summed E-state index contributed by atoms with van der Waals surface area (Å²) in [5.41, 5.74) is 8.45. The van der Waals surface area contributed by atoms with E-state index in [-0.39, 0.29) is 21.7 Å². The lowest BCUT2D eigenvalue weighted by Gasteiger charge is -2.31. The van der Waals surface area contributed by atoms with Gasteiger partial charge in [-0.2, -0.15) is 0 Å². The van der Waals surface area contributed by atoms with Crippen molar-refractivity contribution in [3.63, 3.8) is 0 Å². The van der Waals surface area contributed by atoms with E-state index in [1.54, 1.807) is 0 Å². The number of rotatable bonds is 8. The fourth-order valence-electron chi connectivity index (χ4n) is 6.91. The van der Waals surface area contributed by atoms with E-state index in [1.807, 2.05) is 72.8 Å². The first-order valence-electron chi connectivity index (χ1n) is 17.6. The summed E-state index contributed by atoms with van der Waals surface area (Å²) in [6.07, 6.45) is 0. The number of hydrogen-bond donors (Lipinski definition) is 2. The van der Waals surface area contributed by atoms with E-state index in [2.05, 4.69) is 140 Å². The fraction of sp³-hybridized carbons (Fsp3) is 0.250. The molecule has 2 N–H and O–H groups in total. The molecular weight excluding hydrogens is 609 g/mol. The third-order valence-corrected chi connectivity index (χ3v) is 10.8. The summed E-state index contributed by atoms with van der Waals surface area (Å²) in [6, 6.07) is 53.8. The summed E-state index contributed by atoms with van der Waals surface area (Å²) >= 11 is 0. The zero-order chi connectivity index (χ0) is 36.2. The van der Waals surface area contributed by atoms with Crippen molar-refractivity contribution in [2.45, 2.75) is 77.0 Å². The molecule has 50 heavy (non-hydrogen) atoms. The number of aromatic hydroxyl groups is 2. The lowest BCUT2D eigenvalue weighted by atomic mass is 9.73. The molecule has 6 aromatic carbocycles. The van der Waals surface area contributed by atoms with E-state index in [0.717, 1.165) is 11.1 Å². The summed E-state index contributed by atoms with van der Waals surface area (Å²) < 4.78 is 0. The summed E-state index contributed by atoms with van der Waals surface area (Å²) in [4.78, 5) is 0. The fourth-order valence-corrected chi connectivity index (χ4v) is 6.91. The van der Waals surface area contributed by atoms with Crippen LogP contribution in [-0.4, -0.2) is 10.2 Å². The van der Waals surface area contributed by atoms with Crippen molar-refractivity contribution >= 4 is 0 Å². The van der Waals surface area contributed by atoms with Crippen molar-refractivity contribution in [3.8, 4) is 11.5 Å². The molecule has 0 amide bonds. The lowest BCUT2D eigenvalue weighted by Crippen LogP contribution is -2.23. The Hall–Kier alpha value is -5.08. The van der Waals surface area contributed by atoms with Gasteiger partial charge in [-0.3, -0.25) is 0 Å². The van der Waals surface area contributed by atoms with E-state index in [9.17, 15) is 10.2 Å². The van der Waals surface area contributed by atoms with E-state index < -0.39 is 0 Å². The summed E-state index contributed by atoms with van der Waals surface area (Å²) in [5.74, 6) is 0.697. The van der Waals surface area contributed by atoms with Gasteiger partial charge in [-0.1, -0.05) is 201 Å². The predicted octanol–water partition coefficient (Wildman–Crippen LogP) is 12.1. The summed E-state index contributed by atoms with van der Waals surface area (Å²) in [5, 5.41) is 21.1. The number of phenols is 2. The largest absolute Gasteiger partial charge is 0.508 e. The van der Waals surface area contributed by atoms with Crippen molar-refractivity contribution in [3.05, 3.63) is 202 Å². The molecule has 2 heteroatoms. The Morgan fingerprint density at radius 1 is 0.280 bits per heavy atom. The van der Waals surface area contributed by atoms with Crippen molar-refractivity contribution < 1.29 is 10.2 Å². The van der Waals surface area contributed by atoms with Crippen LogP contribution in [-0.2, 0) is 21.7 Å². The highest BCUT2D eigenvalue weighted by molar-refractivity contribution is 5.52. The Labute approximate surface area is 300 Å². The van der Waals surface area contributed by atoms with Crippen LogP contribution in [0.25, 0.3) is 0 Å². The SMILES string of the molecule is CC(C)(c1ccccc1)c1ccc(O)c(C(C)(C)c2ccccc2)c1.CC(C)(c1ccccc1)c1ccc(O)c(C(C)(C)c2ccccc2)c1. The van der Waals surface area contributed by atoms with Crippen molar-refractivity contribution in [2.24, 2.45) is 0 Å². The van der Waals surface area contributed by atoms with Gasteiger partial charge in [0.15, 0.2) is 0 Å². The molecule has 0 saturated heterocycles. The van der Waals surface area contributed by atoms with Gasteiger partial charge in [0.25, 0.3) is 0 Å². The average Bonchev–Trinajstić information content (AvgIpc) is 3.13. The molecule has 0 aromatic heterocycles. The van der Waals surface area contributed by atoms with Crippen LogP contribution < -0.4 is 0 Å². The topological polar surface area (TPSA) is 40.5 Å². The highest BCUT2D eigenvalue weighted by atomic mass is 16.3. The van der Waals surface area contributed by atoms with E-state index in [0.29, 0.717) is 11.5 Å². The molecule has 6 rings (SSSR count). The molecule has 0 aliphatic carbocycles. The van der Waals surface area contributed by atoms with Gasteiger partial charge in [0.05, 0.1) is 0 Å². The molecule has 0 aliphatic heterocycles. The second-order valence-electron chi connectivity index (χ2n) is 15.4. The van der Waals surface area contributed by atoms with Gasteiger partial charge in [-0.05, 0) is 45.5 Å². The van der Waals surface area contributed by atoms with E-state index in [1.165, 1.54) is 33.4 Å². The van der Waals surface area contributed by atoms with Crippen LogP contribution in [0.5, 0.6) is 11.5 Å². The molecule has 0 aliphatic rings. The highest BCUT2D eigenvalue weighted by Gasteiger charge is 2.31. The molecule has 0 fully saturated rings. The maximum absolute atomic E-state index is 10.6. The van der Waals surface area contributed by atoms with Gasteiger partial charge in [-0.15, -0.1) is 0 Å². The zero-order valence-corrected chi connectivity index (χ0v) is 30.9. The standard InChI is InChI=1S/2C24H26O/c2*1-23(2,18-11-7-5-8-12-18)20-15-16-22(25)21(17-20)24(3,4)19-13-9-6-10-14-19/h2*5-17,25H,1-4H3. The van der Waals surface area contributed by atoms with Crippen LogP contribution >= 0.6 is 0 Å². The predicted molar refractivity (Wildman–Crippen MR) is 210 cm³/mol. The molecule has 0 heterocycles. The Morgan fingerprint density at radius 2 is 0.520 bits per heavy atom. The van der Waals surface area contributed by atoms with Crippen molar-refractivity contribution in [1.29, 1.82) is 0 Å². The maximum Gasteiger partial charge on any atom is 0.119 e.